The van der Waals surface area contributed by atoms with Gasteiger partial charge in [0.2, 0.25) is 0 Å². The maximum Gasteiger partial charge on any atom is 0.167 e. The Morgan fingerprint density at radius 2 is 0.897 bits per heavy atom. The minimum absolute atomic E-state index is 0.526. The second kappa shape index (κ2) is 12.8. The lowest BCUT2D eigenvalue weighted by molar-refractivity contribution is 0.669. The normalized spacial score (nSPS) is 11.8. The van der Waals surface area contributed by atoms with Crippen molar-refractivity contribution in [2.45, 2.75) is 0 Å². The van der Waals surface area contributed by atoms with Gasteiger partial charge in [-0.15, -0.1) is 0 Å². The van der Waals surface area contributed by atoms with Gasteiger partial charge in [0.1, 0.15) is 22.3 Å². The van der Waals surface area contributed by atoms with Gasteiger partial charge in [-0.25, -0.2) is 15.0 Å². The van der Waals surface area contributed by atoms with Crippen molar-refractivity contribution < 1.29 is 8.83 Å². The largest absolute Gasteiger partial charge is 0.456 e. The summed E-state index contributed by atoms with van der Waals surface area (Å²) in [7, 11) is 0. The van der Waals surface area contributed by atoms with Crippen molar-refractivity contribution in [3.05, 3.63) is 188 Å². The van der Waals surface area contributed by atoms with Crippen LogP contribution >= 0.6 is 0 Å². The quantitative estimate of drug-likeness (QED) is 0.176. The minimum Gasteiger partial charge on any atom is -0.456 e. The third-order valence-electron chi connectivity index (χ3n) is 11.3. The number of para-hydroxylation sites is 1. The molecule has 5 heteroatoms. The molecule has 0 saturated carbocycles. The van der Waals surface area contributed by atoms with Crippen LogP contribution < -0.4 is 0 Å². The second-order valence-corrected chi connectivity index (χ2v) is 14.8. The molecule has 12 aromatic rings. The van der Waals surface area contributed by atoms with Crippen LogP contribution in [0.4, 0.5) is 0 Å². The maximum absolute atomic E-state index is 6.90. The Morgan fingerprint density at radius 1 is 0.293 bits per heavy atom. The lowest BCUT2D eigenvalue weighted by Gasteiger charge is -2.12. The predicted octanol–water partition coefficient (Wildman–Crippen LogP) is 14.3. The molecular formula is C53H31N3O2. The Morgan fingerprint density at radius 3 is 1.71 bits per heavy atom. The summed E-state index contributed by atoms with van der Waals surface area (Å²) in [4.78, 5) is 15.8. The molecule has 3 heterocycles. The Hall–Kier alpha value is -7.89. The summed E-state index contributed by atoms with van der Waals surface area (Å²) in [5, 5.41) is 8.56. The summed E-state index contributed by atoms with van der Waals surface area (Å²) in [6.07, 6.45) is 0. The average molecular weight is 742 g/mol. The van der Waals surface area contributed by atoms with E-state index in [1.165, 1.54) is 11.1 Å². The smallest absolute Gasteiger partial charge is 0.167 e. The molecule has 5 nitrogen and oxygen atoms in total. The Bertz CT molecular complexity index is 3570. The van der Waals surface area contributed by atoms with Gasteiger partial charge >= 0.3 is 0 Å². The zero-order valence-corrected chi connectivity index (χ0v) is 31.1. The zero-order chi connectivity index (χ0) is 38.2. The van der Waals surface area contributed by atoms with Crippen molar-refractivity contribution >= 4 is 65.4 Å². The highest BCUT2D eigenvalue weighted by molar-refractivity contribution is 6.18. The third kappa shape index (κ3) is 5.21. The Labute approximate surface area is 332 Å². The molecule has 12 rings (SSSR count). The van der Waals surface area contributed by atoms with Crippen LogP contribution in [0.15, 0.2) is 197 Å². The lowest BCUT2D eigenvalue weighted by atomic mass is 9.96. The molecule has 0 spiro atoms. The average Bonchev–Trinajstić information content (AvgIpc) is 3.86. The van der Waals surface area contributed by atoms with Gasteiger partial charge in [0.25, 0.3) is 0 Å². The molecule has 0 aliphatic rings. The monoisotopic (exact) mass is 741 g/mol. The number of hydrogen-bond donors (Lipinski definition) is 0. The highest BCUT2D eigenvalue weighted by Gasteiger charge is 2.23. The van der Waals surface area contributed by atoms with Crippen molar-refractivity contribution in [2.75, 3.05) is 0 Å². The number of hydrogen-bond acceptors (Lipinski definition) is 5. The molecule has 0 bridgehead atoms. The van der Waals surface area contributed by atoms with Crippen molar-refractivity contribution in [2.24, 2.45) is 0 Å². The molecule has 58 heavy (non-hydrogen) atoms. The fourth-order valence-electron chi connectivity index (χ4n) is 8.50. The summed E-state index contributed by atoms with van der Waals surface area (Å²) < 4.78 is 13.2. The van der Waals surface area contributed by atoms with Crippen molar-refractivity contribution in [3.63, 3.8) is 0 Å². The van der Waals surface area contributed by atoms with Gasteiger partial charge in [-0.05, 0) is 86.3 Å². The third-order valence-corrected chi connectivity index (χ3v) is 11.3. The first-order valence-corrected chi connectivity index (χ1v) is 19.4. The maximum atomic E-state index is 6.90. The van der Waals surface area contributed by atoms with E-state index in [4.69, 9.17) is 23.8 Å². The number of aromatic nitrogens is 3. The first-order valence-electron chi connectivity index (χ1n) is 19.4. The van der Waals surface area contributed by atoms with Gasteiger partial charge in [-0.1, -0.05) is 146 Å². The summed E-state index contributed by atoms with van der Waals surface area (Å²) in [6.45, 7) is 0. The number of furan rings is 2. The molecular weight excluding hydrogens is 711 g/mol. The van der Waals surface area contributed by atoms with E-state index in [2.05, 4.69) is 146 Å². The highest BCUT2D eigenvalue weighted by atomic mass is 16.3. The fourth-order valence-corrected chi connectivity index (χ4v) is 8.50. The molecule has 0 aliphatic heterocycles. The van der Waals surface area contributed by atoms with E-state index < -0.39 is 0 Å². The van der Waals surface area contributed by atoms with Crippen molar-refractivity contribution in [3.8, 4) is 56.4 Å². The number of rotatable bonds is 5. The van der Waals surface area contributed by atoms with Crippen LogP contribution in [0.25, 0.3) is 122 Å². The summed E-state index contributed by atoms with van der Waals surface area (Å²) >= 11 is 0. The Balaban J connectivity index is 1.12. The van der Waals surface area contributed by atoms with Gasteiger partial charge in [-0.3, -0.25) is 0 Å². The van der Waals surface area contributed by atoms with E-state index in [9.17, 15) is 0 Å². The van der Waals surface area contributed by atoms with Gasteiger partial charge in [-0.2, -0.15) is 0 Å². The molecule has 0 N–H and O–H groups in total. The molecule has 0 saturated heterocycles. The summed E-state index contributed by atoms with van der Waals surface area (Å²) in [5.74, 6) is 1.65. The molecule has 0 aliphatic carbocycles. The Kier molecular flexibility index (Phi) is 7.16. The van der Waals surface area contributed by atoms with Gasteiger partial charge < -0.3 is 8.83 Å². The van der Waals surface area contributed by atoms with Gasteiger partial charge in [0.15, 0.2) is 17.5 Å². The molecule has 0 atom stereocenters. The van der Waals surface area contributed by atoms with Crippen molar-refractivity contribution in [1.29, 1.82) is 0 Å². The molecule has 0 fully saturated rings. The summed E-state index contributed by atoms with van der Waals surface area (Å²) in [6, 6.07) is 65.2. The lowest BCUT2D eigenvalue weighted by Crippen LogP contribution is -2.01. The SMILES string of the molecule is c1ccc(-c2ccc3cc(-c4nc(-c5ccc(-c6ccccc6)c6c5oc5cc7ccccc7cc56)nc(-c5cccc6oc7ccccc7c56)n4)ccc3c2)cc1. The standard InChI is InChI=1S/C53H31N3O2/c1-3-12-32(13-4-1)36-22-23-38-29-39(25-24-37(38)28-36)51-54-52(42-19-11-21-46-48(42)41-18-9-10-20-45(41)57-46)56-53(55-51)43-27-26-40(33-14-5-2-6-15-33)49-44-30-34-16-7-8-17-35(34)31-47(44)58-50(43)49/h1-31H. The van der Waals surface area contributed by atoms with E-state index >= 15 is 0 Å². The first kappa shape index (κ1) is 32.4. The van der Waals surface area contributed by atoms with E-state index in [0.29, 0.717) is 17.5 Å². The molecule has 0 radical (unpaired) electrons. The minimum atomic E-state index is 0.526. The van der Waals surface area contributed by atoms with E-state index in [-0.39, 0.29) is 0 Å². The topological polar surface area (TPSA) is 65.0 Å². The van der Waals surface area contributed by atoms with Crippen LogP contribution in [0.2, 0.25) is 0 Å². The van der Waals surface area contributed by atoms with Crippen LogP contribution in [0.5, 0.6) is 0 Å². The van der Waals surface area contributed by atoms with E-state index in [0.717, 1.165) is 93.2 Å². The summed E-state index contributed by atoms with van der Waals surface area (Å²) in [5.41, 5.74) is 10.2. The van der Waals surface area contributed by atoms with Crippen LogP contribution in [0.1, 0.15) is 0 Å². The van der Waals surface area contributed by atoms with Gasteiger partial charge in [0.05, 0.1) is 5.56 Å². The molecule has 270 valence electrons. The molecule has 3 aromatic heterocycles. The molecule has 0 unspecified atom stereocenters. The van der Waals surface area contributed by atoms with E-state index in [1.54, 1.807) is 0 Å². The van der Waals surface area contributed by atoms with Crippen molar-refractivity contribution in [1.82, 2.24) is 15.0 Å². The highest BCUT2D eigenvalue weighted by Crippen LogP contribution is 2.43. The van der Waals surface area contributed by atoms with Gasteiger partial charge in [0, 0.05) is 32.7 Å². The molecule has 9 aromatic carbocycles. The predicted molar refractivity (Wildman–Crippen MR) is 237 cm³/mol. The number of fused-ring (bicyclic) bond motifs is 8. The van der Waals surface area contributed by atoms with Crippen LogP contribution in [0, 0.1) is 0 Å². The zero-order valence-electron chi connectivity index (χ0n) is 31.1. The van der Waals surface area contributed by atoms with E-state index in [1.807, 2.05) is 42.5 Å². The number of benzene rings is 9. The fraction of sp³-hybridized carbons (Fsp3) is 0. The van der Waals surface area contributed by atoms with Crippen LogP contribution in [-0.2, 0) is 0 Å². The number of nitrogens with zero attached hydrogens (tertiary/aromatic N) is 3. The first-order chi connectivity index (χ1) is 28.7. The van der Waals surface area contributed by atoms with Crippen LogP contribution in [-0.4, -0.2) is 15.0 Å². The second-order valence-electron chi connectivity index (χ2n) is 14.8. The molecule has 0 amide bonds. The van der Waals surface area contributed by atoms with Crippen LogP contribution in [0.3, 0.4) is 0 Å².